The van der Waals surface area contributed by atoms with Gasteiger partial charge in [-0.15, -0.1) is 11.3 Å². The molecule has 3 rings (SSSR count). The lowest BCUT2D eigenvalue weighted by Crippen LogP contribution is -2.18. The summed E-state index contributed by atoms with van der Waals surface area (Å²) >= 11 is 1.23. The van der Waals surface area contributed by atoms with Crippen molar-refractivity contribution < 1.29 is 27.4 Å². The Hall–Kier alpha value is -2.95. The van der Waals surface area contributed by atoms with Crippen LogP contribution in [0.5, 0.6) is 17.2 Å². The lowest BCUT2D eigenvalue weighted by atomic mass is 10.2. The summed E-state index contributed by atoms with van der Waals surface area (Å²) in [5.74, 6) is 0.972. The second-order valence-electron chi connectivity index (χ2n) is 6.71. The minimum absolute atomic E-state index is 0.196. The zero-order chi connectivity index (χ0) is 22.4. The van der Waals surface area contributed by atoms with Gasteiger partial charge < -0.3 is 19.5 Å². The molecular weight excluding hydrogens is 440 g/mol. The molecule has 164 valence electrons. The molecule has 1 heterocycles. The predicted octanol–water partition coefficient (Wildman–Crippen LogP) is 4.00. The minimum atomic E-state index is -3.30. The number of anilines is 1. The van der Waals surface area contributed by atoms with Crippen LogP contribution in [0.15, 0.2) is 58.9 Å². The number of hydrogen-bond acceptors (Lipinski definition) is 8. The Morgan fingerprint density at radius 2 is 1.84 bits per heavy atom. The van der Waals surface area contributed by atoms with Crippen molar-refractivity contribution in [3.63, 3.8) is 0 Å². The van der Waals surface area contributed by atoms with Gasteiger partial charge in [-0.2, -0.15) is 0 Å². The predicted molar refractivity (Wildman–Crippen MR) is 118 cm³/mol. The SMILES string of the molecule is COC[C@H](C)Oc1cc(NC(=O)c2nccs2)cc(Oc2ccc(S(C)(=O)=O)cc2)c1. The fourth-order valence-corrected chi connectivity index (χ4v) is 3.84. The molecule has 0 unspecified atom stereocenters. The third kappa shape index (κ3) is 6.51. The first-order valence-electron chi connectivity index (χ1n) is 9.24. The van der Waals surface area contributed by atoms with E-state index < -0.39 is 9.84 Å². The van der Waals surface area contributed by atoms with E-state index in [0.29, 0.717) is 34.6 Å². The molecular formula is C21H22N2O6S2. The molecule has 31 heavy (non-hydrogen) atoms. The van der Waals surface area contributed by atoms with Crippen LogP contribution in [0.4, 0.5) is 5.69 Å². The van der Waals surface area contributed by atoms with Gasteiger partial charge in [0.1, 0.15) is 23.4 Å². The molecule has 0 aliphatic heterocycles. The highest BCUT2D eigenvalue weighted by Crippen LogP contribution is 2.31. The van der Waals surface area contributed by atoms with Gasteiger partial charge in [0.25, 0.3) is 5.91 Å². The molecule has 0 bridgehead atoms. The van der Waals surface area contributed by atoms with Crippen LogP contribution < -0.4 is 14.8 Å². The van der Waals surface area contributed by atoms with E-state index in [9.17, 15) is 13.2 Å². The van der Waals surface area contributed by atoms with E-state index in [4.69, 9.17) is 14.2 Å². The molecule has 1 atom stereocenters. The van der Waals surface area contributed by atoms with E-state index in [2.05, 4.69) is 10.3 Å². The van der Waals surface area contributed by atoms with Gasteiger partial charge in [-0.25, -0.2) is 13.4 Å². The van der Waals surface area contributed by atoms with Gasteiger partial charge >= 0.3 is 0 Å². The molecule has 2 aromatic carbocycles. The molecule has 8 nitrogen and oxygen atoms in total. The number of thiazole rings is 1. The molecule has 1 N–H and O–H groups in total. The first-order chi connectivity index (χ1) is 14.7. The standard InChI is InChI=1S/C21H22N2O6S2/c1-14(13-27-2)28-17-10-15(23-20(24)21-22-8-9-30-21)11-18(12-17)29-16-4-6-19(7-5-16)31(3,25)26/h4-12,14H,13H2,1-3H3,(H,23,24)/t14-/m0/s1. The number of aromatic nitrogens is 1. The van der Waals surface area contributed by atoms with E-state index in [1.54, 1.807) is 49.0 Å². The summed E-state index contributed by atoms with van der Waals surface area (Å²) in [6.07, 6.45) is 2.47. The third-order valence-corrected chi connectivity index (χ3v) is 5.89. The lowest BCUT2D eigenvalue weighted by molar-refractivity contribution is 0.0920. The second kappa shape index (κ2) is 9.90. The molecule has 0 spiro atoms. The van der Waals surface area contributed by atoms with Crippen molar-refractivity contribution in [1.29, 1.82) is 0 Å². The monoisotopic (exact) mass is 462 g/mol. The van der Waals surface area contributed by atoms with Crippen molar-refractivity contribution >= 4 is 32.8 Å². The molecule has 0 aliphatic carbocycles. The Morgan fingerprint density at radius 1 is 1.13 bits per heavy atom. The number of carbonyl (C=O) groups excluding carboxylic acids is 1. The van der Waals surface area contributed by atoms with E-state index in [1.165, 1.54) is 23.5 Å². The number of benzene rings is 2. The van der Waals surface area contributed by atoms with Crippen LogP contribution >= 0.6 is 11.3 Å². The Kier molecular flexibility index (Phi) is 7.26. The summed E-state index contributed by atoms with van der Waals surface area (Å²) < 4.78 is 40.1. The second-order valence-corrected chi connectivity index (χ2v) is 9.62. The Bertz CT molecular complexity index is 1130. The zero-order valence-electron chi connectivity index (χ0n) is 17.2. The van der Waals surface area contributed by atoms with Crippen LogP contribution in [0.3, 0.4) is 0 Å². The van der Waals surface area contributed by atoms with E-state index in [0.717, 1.165) is 6.26 Å². The summed E-state index contributed by atoms with van der Waals surface area (Å²) in [5, 5.41) is 4.83. The highest BCUT2D eigenvalue weighted by Gasteiger charge is 2.13. The number of sulfone groups is 1. The maximum absolute atomic E-state index is 12.4. The summed E-state index contributed by atoms with van der Waals surface area (Å²) in [7, 11) is -1.72. The van der Waals surface area contributed by atoms with Crippen molar-refractivity contribution in [3.05, 3.63) is 59.0 Å². The first kappa shape index (κ1) is 22.7. The van der Waals surface area contributed by atoms with E-state index in [-0.39, 0.29) is 16.9 Å². The van der Waals surface area contributed by atoms with Crippen LogP contribution in [0.25, 0.3) is 0 Å². The highest BCUT2D eigenvalue weighted by molar-refractivity contribution is 7.90. The molecule has 0 saturated heterocycles. The van der Waals surface area contributed by atoms with Crippen LogP contribution in [0.2, 0.25) is 0 Å². The van der Waals surface area contributed by atoms with Gasteiger partial charge in [0, 0.05) is 48.8 Å². The van der Waals surface area contributed by atoms with Crippen LogP contribution in [-0.4, -0.2) is 45.4 Å². The van der Waals surface area contributed by atoms with E-state index in [1.807, 2.05) is 6.92 Å². The number of methoxy groups -OCH3 is 1. The molecule has 10 heteroatoms. The van der Waals surface area contributed by atoms with Crippen LogP contribution in [0.1, 0.15) is 16.7 Å². The smallest absolute Gasteiger partial charge is 0.284 e. The normalized spacial score (nSPS) is 12.2. The maximum atomic E-state index is 12.4. The number of carbonyl (C=O) groups is 1. The number of nitrogens with one attached hydrogen (secondary N) is 1. The molecule has 1 aromatic heterocycles. The summed E-state index contributed by atoms with van der Waals surface area (Å²) in [6, 6.07) is 11.1. The Labute approximate surface area is 184 Å². The average Bonchev–Trinajstić information content (AvgIpc) is 3.22. The van der Waals surface area contributed by atoms with Gasteiger partial charge in [0.05, 0.1) is 11.5 Å². The fraction of sp³-hybridized carbons (Fsp3) is 0.238. The highest BCUT2D eigenvalue weighted by atomic mass is 32.2. The van der Waals surface area contributed by atoms with Gasteiger partial charge in [-0.05, 0) is 31.2 Å². The van der Waals surface area contributed by atoms with Gasteiger partial charge in [-0.1, -0.05) is 0 Å². The minimum Gasteiger partial charge on any atom is -0.488 e. The van der Waals surface area contributed by atoms with Crippen molar-refractivity contribution in [3.8, 4) is 17.2 Å². The van der Waals surface area contributed by atoms with Crippen LogP contribution in [0, 0.1) is 0 Å². The van der Waals surface area contributed by atoms with Crippen molar-refractivity contribution in [2.45, 2.75) is 17.9 Å². The summed E-state index contributed by atoms with van der Waals surface area (Å²) in [6.45, 7) is 2.24. The van der Waals surface area contributed by atoms with Gasteiger partial charge in [0.15, 0.2) is 14.8 Å². The quantitative estimate of drug-likeness (QED) is 0.512. The lowest BCUT2D eigenvalue weighted by Gasteiger charge is -2.16. The maximum Gasteiger partial charge on any atom is 0.284 e. The van der Waals surface area contributed by atoms with E-state index >= 15 is 0 Å². The fourth-order valence-electron chi connectivity index (χ4n) is 2.68. The van der Waals surface area contributed by atoms with Crippen molar-refractivity contribution in [2.75, 3.05) is 25.3 Å². The molecule has 0 radical (unpaired) electrons. The molecule has 0 fully saturated rings. The Balaban J connectivity index is 1.85. The largest absolute Gasteiger partial charge is 0.488 e. The molecule has 0 saturated carbocycles. The van der Waals surface area contributed by atoms with Gasteiger partial charge in [-0.3, -0.25) is 4.79 Å². The summed E-state index contributed by atoms with van der Waals surface area (Å²) in [5.41, 5.74) is 0.463. The Morgan fingerprint density at radius 3 is 2.45 bits per heavy atom. The topological polar surface area (TPSA) is 104 Å². The number of ether oxygens (including phenoxy) is 3. The molecule has 0 aliphatic rings. The van der Waals surface area contributed by atoms with Gasteiger partial charge in [0.2, 0.25) is 0 Å². The number of nitrogens with zero attached hydrogens (tertiary/aromatic N) is 1. The molecule has 3 aromatic rings. The number of amides is 1. The number of rotatable bonds is 9. The van der Waals surface area contributed by atoms with Crippen molar-refractivity contribution in [1.82, 2.24) is 4.98 Å². The van der Waals surface area contributed by atoms with Crippen LogP contribution in [-0.2, 0) is 14.6 Å². The zero-order valence-corrected chi connectivity index (χ0v) is 18.8. The summed E-state index contributed by atoms with van der Waals surface area (Å²) in [4.78, 5) is 16.6. The third-order valence-electron chi connectivity index (χ3n) is 3.99. The molecule has 1 amide bonds. The first-order valence-corrected chi connectivity index (χ1v) is 12.0. The number of hydrogen-bond donors (Lipinski definition) is 1. The van der Waals surface area contributed by atoms with Crippen molar-refractivity contribution in [2.24, 2.45) is 0 Å². The average molecular weight is 463 g/mol.